The molecule has 0 saturated carbocycles. The van der Waals surface area contributed by atoms with Gasteiger partial charge in [-0.3, -0.25) is 0 Å². The molecule has 0 amide bonds. The van der Waals surface area contributed by atoms with E-state index >= 15 is 0 Å². The van der Waals surface area contributed by atoms with Crippen molar-refractivity contribution < 1.29 is 5.11 Å². The molecule has 0 fully saturated rings. The third-order valence-electron chi connectivity index (χ3n) is 3.49. The minimum absolute atomic E-state index is 0.0474. The van der Waals surface area contributed by atoms with Gasteiger partial charge in [0.05, 0.1) is 12.1 Å². The highest BCUT2D eigenvalue weighted by molar-refractivity contribution is 5.50. The molecule has 2 aromatic carbocycles. The largest absolute Gasteiger partial charge is 0.394 e. The number of hydrogen-bond acceptors (Lipinski definition) is 2. The van der Waals surface area contributed by atoms with Gasteiger partial charge in [-0.1, -0.05) is 36.4 Å². The van der Waals surface area contributed by atoms with Crippen molar-refractivity contribution in [2.45, 2.75) is 26.3 Å². The monoisotopic (exact) mass is 255 g/mol. The molecule has 1 atom stereocenters. The van der Waals surface area contributed by atoms with Crippen molar-refractivity contribution in [1.29, 1.82) is 0 Å². The highest BCUT2D eigenvalue weighted by atomic mass is 16.3. The Labute approximate surface area is 115 Å². The maximum atomic E-state index is 9.83. The first-order valence-corrected chi connectivity index (χ1v) is 6.57. The normalized spacial score (nSPS) is 13.9. The zero-order chi connectivity index (χ0) is 13.9. The number of aliphatic hydroxyl groups is 1. The second kappa shape index (κ2) is 5.45. The molecule has 2 aromatic rings. The molecule has 0 spiro atoms. The number of nitrogens with one attached hydrogen (secondary N) is 1. The molecule has 2 nitrogen and oxygen atoms in total. The molecule has 2 N–H and O–H groups in total. The van der Waals surface area contributed by atoms with Gasteiger partial charge in [0.1, 0.15) is 0 Å². The molecular weight excluding hydrogens is 234 g/mol. The van der Waals surface area contributed by atoms with Crippen LogP contribution in [0.4, 0.5) is 5.69 Å². The molecule has 0 aliphatic rings. The van der Waals surface area contributed by atoms with Gasteiger partial charge in [-0.05, 0) is 49.6 Å². The van der Waals surface area contributed by atoms with Crippen LogP contribution in [0.5, 0.6) is 0 Å². The Hall–Kier alpha value is -1.80. The van der Waals surface area contributed by atoms with E-state index in [1.165, 1.54) is 11.1 Å². The van der Waals surface area contributed by atoms with Gasteiger partial charge in [0.25, 0.3) is 0 Å². The first-order chi connectivity index (χ1) is 9.05. The van der Waals surface area contributed by atoms with Gasteiger partial charge < -0.3 is 10.4 Å². The van der Waals surface area contributed by atoms with E-state index in [0.717, 1.165) is 11.3 Å². The number of aryl methyl sites for hydroxylation is 2. The molecule has 0 aliphatic carbocycles. The van der Waals surface area contributed by atoms with Gasteiger partial charge in [0.2, 0.25) is 0 Å². The van der Waals surface area contributed by atoms with Crippen molar-refractivity contribution in [2.75, 3.05) is 11.9 Å². The van der Waals surface area contributed by atoms with Crippen molar-refractivity contribution in [3.63, 3.8) is 0 Å². The first kappa shape index (κ1) is 13.6. The molecule has 2 heteroatoms. The lowest BCUT2D eigenvalue weighted by molar-refractivity contribution is 0.223. The van der Waals surface area contributed by atoms with Gasteiger partial charge in [-0.15, -0.1) is 0 Å². The molecule has 100 valence electrons. The van der Waals surface area contributed by atoms with E-state index in [2.05, 4.69) is 43.4 Å². The molecular formula is C17H21NO. The average Bonchev–Trinajstić information content (AvgIpc) is 2.39. The molecule has 0 radical (unpaired) electrons. The lowest BCUT2D eigenvalue weighted by Gasteiger charge is -2.32. The smallest absolute Gasteiger partial charge is 0.0830 e. The lowest BCUT2D eigenvalue weighted by atomic mass is 9.89. The van der Waals surface area contributed by atoms with Crippen LogP contribution in [0.25, 0.3) is 0 Å². The van der Waals surface area contributed by atoms with Crippen LogP contribution in [0.15, 0.2) is 48.5 Å². The van der Waals surface area contributed by atoms with Crippen LogP contribution in [-0.2, 0) is 5.54 Å². The maximum absolute atomic E-state index is 9.83. The Morgan fingerprint density at radius 2 is 1.79 bits per heavy atom. The molecule has 0 bridgehead atoms. The Bertz CT molecular complexity index is 565. The van der Waals surface area contributed by atoms with E-state index in [1.54, 1.807) is 0 Å². The lowest BCUT2D eigenvalue weighted by Crippen LogP contribution is -2.36. The summed E-state index contributed by atoms with van der Waals surface area (Å²) in [4.78, 5) is 0. The topological polar surface area (TPSA) is 32.3 Å². The zero-order valence-electron chi connectivity index (χ0n) is 11.8. The van der Waals surface area contributed by atoms with E-state index in [1.807, 2.05) is 31.2 Å². The van der Waals surface area contributed by atoms with E-state index in [9.17, 15) is 5.11 Å². The standard InChI is InChI=1S/C17H21NO/c1-13-7-6-9-15(11-13)18-17(3,12-19)16-10-5-4-8-14(16)2/h4-11,18-19H,12H2,1-3H3. The molecule has 1 unspecified atom stereocenters. The van der Waals surface area contributed by atoms with Crippen LogP contribution in [0.3, 0.4) is 0 Å². The summed E-state index contributed by atoms with van der Waals surface area (Å²) in [6.07, 6.45) is 0. The fourth-order valence-corrected chi connectivity index (χ4v) is 2.43. The van der Waals surface area contributed by atoms with Crippen molar-refractivity contribution in [3.05, 3.63) is 65.2 Å². The van der Waals surface area contributed by atoms with Crippen LogP contribution < -0.4 is 5.32 Å². The highest BCUT2D eigenvalue weighted by Crippen LogP contribution is 2.28. The number of benzene rings is 2. The van der Waals surface area contributed by atoms with Crippen LogP contribution in [-0.4, -0.2) is 11.7 Å². The minimum Gasteiger partial charge on any atom is -0.394 e. The Kier molecular flexibility index (Phi) is 3.91. The van der Waals surface area contributed by atoms with Crippen molar-refractivity contribution in [3.8, 4) is 0 Å². The van der Waals surface area contributed by atoms with Crippen LogP contribution >= 0.6 is 0 Å². The fourth-order valence-electron chi connectivity index (χ4n) is 2.43. The van der Waals surface area contributed by atoms with Gasteiger partial charge in [-0.2, -0.15) is 0 Å². The van der Waals surface area contributed by atoms with Gasteiger partial charge in [-0.25, -0.2) is 0 Å². The number of aliphatic hydroxyl groups excluding tert-OH is 1. The summed E-state index contributed by atoms with van der Waals surface area (Å²) in [5.41, 5.74) is 4.06. The zero-order valence-corrected chi connectivity index (χ0v) is 11.8. The van der Waals surface area contributed by atoms with Crippen LogP contribution in [0, 0.1) is 13.8 Å². The Morgan fingerprint density at radius 3 is 2.42 bits per heavy atom. The summed E-state index contributed by atoms with van der Waals surface area (Å²) < 4.78 is 0. The minimum atomic E-state index is -0.473. The van der Waals surface area contributed by atoms with E-state index < -0.39 is 5.54 Å². The van der Waals surface area contributed by atoms with Crippen molar-refractivity contribution in [2.24, 2.45) is 0 Å². The highest BCUT2D eigenvalue weighted by Gasteiger charge is 2.26. The number of rotatable bonds is 4. The Balaban J connectivity index is 2.36. The summed E-state index contributed by atoms with van der Waals surface area (Å²) in [7, 11) is 0. The summed E-state index contributed by atoms with van der Waals surface area (Å²) >= 11 is 0. The maximum Gasteiger partial charge on any atom is 0.0830 e. The second-order valence-corrected chi connectivity index (χ2v) is 5.30. The fraction of sp³-hybridized carbons (Fsp3) is 0.294. The van der Waals surface area contributed by atoms with E-state index in [4.69, 9.17) is 0 Å². The summed E-state index contributed by atoms with van der Waals surface area (Å²) in [5, 5.41) is 13.3. The van der Waals surface area contributed by atoms with Crippen molar-refractivity contribution in [1.82, 2.24) is 0 Å². The average molecular weight is 255 g/mol. The van der Waals surface area contributed by atoms with Gasteiger partial charge in [0.15, 0.2) is 0 Å². The van der Waals surface area contributed by atoms with E-state index in [-0.39, 0.29) is 6.61 Å². The third-order valence-corrected chi connectivity index (χ3v) is 3.49. The van der Waals surface area contributed by atoms with Crippen LogP contribution in [0.1, 0.15) is 23.6 Å². The summed E-state index contributed by atoms with van der Waals surface area (Å²) in [6.45, 7) is 6.21. The quantitative estimate of drug-likeness (QED) is 0.874. The van der Waals surface area contributed by atoms with Crippen molar-refractivity contribution >= 4 is 5.69 Å². The second-order valence-electron chi connectivity index (χ2n) is 5.30. The third kappa shape index (κ3) is 2.96. The van der Waals surface area contributed by atoms with Crippen LogP contribution in [0.2, 0.25) is 0 Å². The molecule has 19 heavy (non-hydrogen) atoms. The molecule has 0 heterocycles. The predicted molar refractivity (Wildman–Crippen MR) is 80.4 cm³/mol. The molecule has 0 saturated heterocycles. The molecule has 0 aliphatic heterocycles. The van der Waals surface area contributed by atoms with Gasteiger partial charge >= 0.3 is 0 Å². The predicted octanol–water partition coefficient (Wildman–Crippen LogP) is 3.62. The first-order valence-electron chi connectivity index (χ1n) is 6.57. The number of hydrogen-bond donors (Lipinski definition) is 2. The van der Waals surface area contributed by atoms with E-state index in [0.29, 0.717) is 0 Å². The molecule has 0 aromatic heterocycles. The summed E-state index contributed by atoms with van der Waals surface area (Å²) in [5.74, 6) is 0. The van der Waals surface area contributed by atoms with Gasteiger partial charge in [0, 0.05) is 5.69 Å². The Morgan fingerprint density at radius 1 is 1.05 bits per heavy atom. The SMILES string of the molecule is Cc1cccc(NC(C)(CO)c2ccccc2C)c1. The summed E-state index contributed by atoms with van der Waals surface area (Å²) in [6, 6.07) is 16.4. The number of anilines is 1. The molecule has 2 rings (SSSR count).